The monoisotopic (exact) mass is 242 g/mol. The Morgan fingerprint density at radius 2 is 2.22 bits per heavy atom. The maximum absolute atomic E-state index is 11.3. The molecule has 1 fully saturated rings. The van der Waals surface area contributed by atoms with Crippen molar-refractivity contribution in [2.45, 2.75) is 19.8 Å². The van der Waals surface area contributed by atoms with E-state index in [1.807, 2.05) is 31.2 Å². The molecule has 0 atom stereocenters. The summed E-state index contributed by atoms with van der Waals surface area (Å²) in [6.45, 7) is 1.98. The third-order valence-corrected chi connectivity index (χ3v) is 3.18. The highest BCUT2D eigenvalue weighted by Crippen LogP contribution is 2.30. The molecule has 4 heteroatoms. The third kappa shape index (κ3) is 2.01. The molecule has 18 heavy (non-hydrogen) atoms. The normalized spacial score (nSPS) is 15.4. The molecule has 0 saturated heterocycles. The first-order chi connectivity index (χ1) is 8.75. The zero-order valence-corrected chi connectivity index (χ0v) is 10.1. The van der Waals surface area contributed by atoms with Crippen LogP contribution >= 0.6 is 0 Å². The lowest BCUT2D eigenvalue weighted by molar-refractivity contribution is -0.145. The number of hydrogen-bond donors (Lipinski definition) is 1. The number of carbonyl (C=O) groups is 1. The number of aromatic amines is 1. The number of aromatic nitrogens is 1. The number of nitrogens with zero attached hydrogens (tertiary/aromatic N) is 1. The molecule has 0 radical (unpaired) electrons. The molecule has 1 saturated carbocycles. The first kappa shape index (κ1) is 11.0. The van der Waals surface area contributed by atoms with Crippen LogP contribution in [0.15, 0.2) is 29.4 Å². The van der Waals surface area contributed by atoms with E-state index in [1.165, 1.54) is 0 Å². The number of hydrogen-bond acceptors (Lipinski definition) is 3. The van der Waals surface area contributed by atoms with Crippen molar-refractivity contribution >= 4 is 23.1 Å². The average Bonchev–Trinajstić information content (AvgIpc) is 3.15. The lowest BCUT2D eigenvalue weighted by atomic mass is 10.1. The molecule has 0 aliphatic heterocycles. The summed E-state index contributed by atoms with van der Waals surface area (Å²) in [5.41, 5.74) is 3.04. The first-order valence-corrected chi connectivity index (χ1v) is 6.07. The van der Waals surface area contributed by atoms with Crippen LogP contribution in [0.25, 0.3) is 10.9 Å². The van der Waals surface area contributed by atoms with E-state index in [4.69, 9.17) is 4.84 Å². The van der Waals surface area contributed by atoms with Gasteiger partial charge in [-0.1, -0.05) is 23.4 Å². The van der Waals surface area contributed by atoms with Gasteiger partial charge in [0.05, 0.1) is 12.1 Å². The van der Waals surface area contributed by atoms with Crippen molar-refractivity contribution in [1.29, 1.82) is 0 Å². The quantitative estimate of drug-likeness (QED) is 0.511. The fraction of sp³-hybridized carbons (Fsp3) is 0.286. The highest BCUT2D eigenvalue weighted by atomic mass is 16.7. The molecule has 1 aromatic heterocycles. The van der Waals surface area contributed by atoms with Gasteiger partial charge in [-0.05, 0) is 25.8 Å². The number of H-pyrrole nitrogens is 1. The van der Waals surface area contributed by atoms with Gasteiger partial charge in [-0.25, -0.2) is 4.79 Å². The van der Waals surface area contributed by atoms with Gasteiger partial charge < -0.3 is 9.82 Å². The summed E-state index contributed by atoms with van der Waals surface area (Å²) < 4.78 is 0. The van der Waals surface area contributed by atoms with E-state index in [9.17, 15) is 4.79 Å². The summed E-state index contributed by atoms with van der Waals surface area (Å²) in [6, 6.07) is 7.98. The molecule has 4 nitrogen and oxygen atoms in total. The SMILES string of the molecule is Cc1[nH]c2ccccc2c1C=NOC(=O)C1CC1. The fourth-order valence-electron chi connectivity index (χ4n) is 1.99. The van der Waals surface area contributed by atoms with Gasteiger partial charge in [0, 0.05) is 22.2 Å². The molecule has 0 bridgehead atoms. The van der Waals surface area contributed by atoms with Gasteiger partial charge in [-0.15, -0.1) is 0 Å². The highest BCUT2D eigenvalue weighted by Gasteiger charge is 2.31. The molecule has 1 aromatic carbocycles. The van der Waals surface area contributed by atoms with Crippen LogP contribution in [-0.2, 0) is 9.63 Å². The Morgan fingerprint density at radius 3 is 3.00 bits per heavy atom. The maximum atomic E-state index is 11.3. The van der Waals surface area contributed by atoms with Crippen molar-refractivity contribution in [2.75, 3.05) is 0 Å². The van der Waals surface area contributed by atoms with Crippen LogP contribution < -0.4 is 0 Å². The van der Waals surface area contributed by atoms with Crippen molar-refractivity contribution < 1.29 is 9.63 Å². The fourth-order valence-corrected chi connectivity index (χ4v) is 1.99. The van der Waals surface area contributed by atoms with E-state index in [1.54, 1.807) is 6.21 Å². The van der Waals surface area contributed by atoms with E-state index in [0.717, 1.165) is 35.0 Å². The van der Waals surface area contributed by atoms with Crippen molar-refractivity contribution in [1.82, 2.24) is 4.98 Å². The molecule has 1 heterocycles. The Labute approximate surface area is 105 Å². The average molecular weight is 242 g/mol. The predicted molar refractivity (Wildman–Crippen MR) is 69.4 cm³/mol. The molecule has 1 aliphatic rings. The zero-order valence-electron chi connectivity index (χ0n) is 10.1. The summed E-state index contributed by atoms with van der Waals surface area (Å²) in [7, 11) is 0. The van der Waals surface area contributed by atoms with Crippen molar-refractivity contribution in [3.05, 3.63) is 35.5 Å². The highest BCUT2D eigenvalue weighted by molar-refractivity contribution is 6.00. The third-order valence-electron chi connectivity index (χ3n) is 3.18. The molecule has 1 N–H and O–H groups in total. The number of benzene rings is 1. The molecule has 92 valence electrons. The van der Waals surface area contributed by atoms with Crippen LogP contribution in [0.5, 0.6) is 0 Å². The number of nitrogens with one attached hydrogen (secondary N) is 1. The topological polar surface area (TPSA) is 54.4 Å². The summed E-state index contributed by atoms with van der Waals surface area (Å²) in [4.78, 5) is 19.5. The van der Waals surface area contributed by atoms with Gasteiger partial charge in [0.2, 0.25) is 0 Å². The van der Waals surface area contributed by atoms with Gasteiger partial charge in [0.15, 0.2) is 0 Å². The summed E-state index contributed by atoms with van der Waals surface area (Å²) >= 11 is 0. The number of fused-ring (bicyclic) bond motifs is 1. The minimum atomic E-state index is -0.219. The maximum Gasteiger partial charge on any atom is 0.338 e. The Kier molecular flexibility index (Phi) is 2.63. The smallest absolute Gasteiger partial charge is 0.338 e. The van der Waals surface area contributed by atoms with Gasteiger partial charge in [-0.2, -0.15) is 0 Å². The summed E-state index contributed by atoms with van der Waals surface area (Å²) in [5.74, 6) is -0.144. The zero-order chi connectivity index (χ0) is 12.5. The summed E-state index contributed by atoms with van der Waals surface area (Å²) in [5, 5.41) is 4.88. The van der Waals surface area contributed by atoms with Crippen LogP contribution in [0.2, 0.25) is 0 Å². The van der Waals surface area contributed by atoms with E-state index >= 15 is 0 Å². The number of rotatable bonds is 3. The van der Waals surface area contributed by atoms with Crippen LogP contribution in [0.4, 0.5) is 0 Å². The number of aryl methyl sites for hydroxylation is 1. The minimum absolute atomic E-state index is 0.0752. The largest absolute Gasteiger partial charge is 0.358 e. The van der Waals surface area contributed by atoms with E-state index in [-0.39, 0.29) is 11.9 Å². The Bertz CT molecular complexity index is 624. The molecule has 3 rings (SSSR count). The molecular formula is C14H14N2O2. The molecule has 2 aromatic rings. The van der Waals surface area contributed by atoms with E-state index in [2.05, 4.69) is 10.1 Å². The van der Waals surface area contributed by atoms with Crippen LogP contribution in [0.1, 0.15) is 24.1 Å². The Balaban J connectivity index is 1.82. The Hall–Kier alpha value is -2.10. The van der Waals surface area contributed by atoms with Crippen molar-refractivity contribution in [3.8, 4) is 0 Å². The lowest BCUT2D eigenvalue weighted by Crippen LogP contribution is -2.01. The van der Waals surface area contributed by atoms with Gasteiger partial charge in [-0.3, -0.25) is 0 Å². The van der Waals surface area contributed by atoms with Crippen molar-refractivity contribution in [2.24, 2.45) is 11.1 Å². The van der Waals surface area contributed by atoms with Crippen LogP contribution in [-0.4, -0.2) is 17.2 Å². The second-order valence-electron chi connectivity index (χ2n) is 4.63. The Morgan fingerprint density at radius 1 is 1.44 bits per heavy atom. The minimum Gasteiger partial charge on any atom is -0.358 e. The second-order valence-corrected chi connectivity index (χ2v) is 4.63. The predicted octanol–water partition coefficient (Wildman–Crippen LogP) is 2.76. The first-order valence-electron chi connectivity index (χ1n) is 6.07. The summed E-state index contributed by atoms with van der Waals surface area (Å²) in [6.07, 6.45) is 3.47. The second kappa shape index (κ2) is 4.29. The lowest BCUT2D eigenvalue weighted by Gasteiger charge is -1.94. The molecule has 0 unspecified atom stereocenters. The number of para-hydroxylation sites is 1. The van der Waals surface area contributed by atoms with Crippen LogP contribution in [0, 0.1) is 12.8 Å². The van der Waals surface area contributed by atoms with E-state index in [0.29, 0.717) is 0 Å². The van der Waals surface area contributed by atoms with Crippen LogP contribution in [0.3, 0.4) is 0 Å². The standard InChI is InChI=1S/C14H14N2O2/c1-9-12(8-15-18-14(17)10-6-7-10)11-4-2-3-5-13(11)16-9/h2-5,8,10,16H,6-7H2,1H3. The van der Waals surface area contributed by atoms with Gasteiger partial charge in [0.25, 0.3) is 0 Å². The number of carbonyl (C=O) groups excluding carboxylic acids is 1. The van der Waals surface area contributed by atoms with E-state index < -0.39 is 0 Å². The van der Waals surface area contributed by atoms with Crippen molar-refractivity contribution in [3.63, 3.8) is 0 Å². The molecular weight excluding hydrogens is 228 g/mol. The van der Waals surface area contributed by atoms with Gasteiger partial charge >= 0.3 is 5.97 Å². The molecule has 1 aliphatic carbocycles. The molecule has 0 spiro atoms. The van der Waals surface area contributed by atoms with Gasteiger partial charge in [0.1, 0.15) is 0 Å². The molecule has 0 amide bonds. The number of oxime groups is 1.